The summed E-state index contributed by atoms with van der Waals surface area (Å²) < 4.78 is 53.3. The molecule has 2 rings (SSSR count). The molecule has 0 unspecified atom stereocenters. The molecule has 1 saturated heterocycles. The summed E-state index contributed by atoms with van der Waals surface area (Å²) in [6.45, 7) is 0.607. The van der Waals surface area contributed by atoms with Gasteiger partial charge in [-0.15, -0.1) is 0 Å². The zero-order chi connectivity index (χ0) is 13.3. The van der Waals surface area contributed by atoms with E-state index in [2.05, 4.69) is 4.98 Å². The quantitative estimate of drug-likeness (QED) is 0.783. The standard InChI is InChI=1S/C10H9ClF3NO3/c1-16-8-5(9-17-2-3-18-9)4-6(7(11)15-8)10(12,13)14/h4,9H,2-3H2,1H3. The second-order valence-corrected chi connectivity index (χ2v) is 3.85. The summed E-state index contributed by atoms with van der Waals surface area (Å²) in [6, 6.07) is 0.837. The first kappa shape index (κ1) is 13.4. The average molecular weight is 284 g/mol. The minimum absolute atomic E-state index is 0.0418. The molecular weight excluding hydrogens is 275 g/mol. The highest BCUT2D eigenvalue weighted by Gasteiger charge is 2.37. The topological polar surface area (TPSA) is 40.6 Å². The number of hydrogen-bond acceptors (Lipinski definition) is 4. The number of alkyl halides is 3. The molecule has 1 fully saturated rings. The normalized spacial score (nSPS) is 17.2. The summed E-state index contributed by atoms with van der Waals surface area (Å²) in [6.07, 6.45) is -5.50. The molecule has 1 aliphatic heterocycles. The molecule has 1 aromatic heterocycles. The molecular formula is C10H9ClF3NO3. The van der Waals surface area contributed by atoms with Gasteiger partial charge in [-0.2, -0.15) is 13.2 Å². The predicted molar refractivity (Wildman–Crippen MR) is 55.4 cm³/mol. The van der Waals surface area contributed by atoms with Gasteiger partial charge in [0.25, 0.3) is 0 Å². The highest BCUT2D eigenvalue weighted by molar-refractivity contribution is 6.30. The Labute approximate surface area is 106 Å². The molecule has 0 radical (unpaired) electrons. The van der Waals surface area contributed by atoms with Crippen LogP contribution >= 0.6 is 11.6 Å². The van der Waals surface area contributed by atoms with Gasteiger partial charge in [0.05, 0.1) is 31.5 Å². The van der Waals surface area contributed by atoms with Crippen molar-refractivity contribution in [3.05, 3.63) is 22.3 Å². The Balaban J connectivity index is 2.49. The number of halogens is 4. The van der Waals surface area contributed by atoms with Gasteiger partial charge in [0.2, 0.25) is 5.88 Å². The Morgan fingerprint density at radius 1 is 1.39 bits per heavy atom. The van der Waals surface area contributed by atoms with Crippen LogP contribution < -0.4 is 4.74 Å². The lowest BCUT2D eigenvalue weighted by Gasteiger charge is -2.16. The minimum Gasteiger partial charge on any atom is -0.481 e. The fraction of sp³-hybridized carbons (Fsp3) is 0.500. The van der Waals surface area contributed by atoms with Crippen LogP contribution in [0, 0.1) is 0 Å². The number of nitrogens with zero attached hydrogens (tertiary/aromatic N) is 1. The summed E-state index contributed by atoms with van der Waals surface area (Å²) in [5.74, 6) is -0.0418. The fourth-order valence-electron chi connectivity index (χ4n) is 1.56. The van der Waals surface area contributed by atoms with E-state index in [4.69, 9.17) is 25.8 Å². The highest BCUT2D eigenvalue weighted by atomic mass is 35.5. The second-order valence-electron chi connectivity index (χ2n) is 3.50. The summed E-state index contributed by atoms with van der Waals surface area (Å²) in [5, 5.41) is -0.666. The van der Waals surface area contributed by atoms with E-state index in [0.29, 0.717) is 13.2 Å². The molecule has 1 aliphatic rings. The Bertz CT molecular complexity index is 447. The van der Waals surface area contributed by atoms with Crippen LogP contribution in [-0.4, -0.2) is 25.3 Å². The predicted octanol–water partition coefficient (Wildman–Crippen LogP) is 2.81. The van der Waals surface area contributed by atoms with Gasteiger partial charge in [-0.25, -0.2) is 4.98 Å². The van der Waals surface area contributed by atoms with Crippen LogP contribution in [0.25, 0.3) is 0 Å². The van der Waals surface area contributed by atoms with Crippen molar-refractivity contribution in [1.29, 1.82) is 0 Å². The number of hydrogen-bond donors (Lipinski definition) is 0. The molecule has 1 aromatic rings. The van der Waals surface area contributed by atoms with E-state index in [0.717, 1.165) is 6.07 Å². The molecule has 4 nitrogen and oxygen atoms in total. The van der Waals surface area contributed by atoms with Crippen molar-refractivity contribution in [2.75, 3.05) is 20.3 Å². The van der Waals surface area contributed by atoms with Crippen LogP contribution in [0.1, 0.15) is 17.4 Å². The lowest BCUT2D eigenvalue weighted by atomic mass is 10.2. The van der Waals surface area contributed by atoms with Gasteiger partial charge >= 0.3 is 6.18 Å². The van der Waals surface area contributed by atoms with Crippen LogP contribution in [0.4, 0.5) is 13.2 Å². The maximum Gasteiger partial charge on any atom is 0.419 e. The van der Waals surface area contributed by atoms with Crippen molar-refractivity contribution in [2.24, 2.45) is 0 Å². The lowest BCUT2D eigenvalue weighted by molar-refractivity contribution is -0.138. The summed E-state index contributed by atoms with van der Waals surface area (Å²) in [7, 11) is 1.28. The zero-order valence-electron chi connectivity index (χ0n) is 9.25. The zero-order valence-corrected chi connectivity index (χ0v) is 10.0. The third-order valence-electron chi connectivity index (χ3n) is 2.34. The molecule has 0 N–H and O–H groups in total. The molecule has 2 heterocycles. The van der Waals surface area contributed by atoms with Crippen LogP contribution in [-0.2, 0) is 15.7 Å². The van der Waals surface area contributed by atoms with Crippen LogP contribution in [0.15, 0.2) is 6.07 Å². The van der Waals surface area contributed by atoms with Crippen molar-refractivity contribution in [2.45, 2.75) is 12.5 Å². The van der Waals surface area contributed by atoms with Crippen molar-refractivity contribution in [1.82, 2.24) is 4.98 Å². The van der Waals surface area contributed by atoms with E-state index in [-0.39, 0.29) is 11.4 Å². The molecule has 0 aliphatic carbocycles. The van der Waals surface area contributed by atoms with E-state index in [1.807, 2.05) is 0 Å². The molecule has 0 aromatic carbocycles. The molecule has 0 amide bonds. The number of rotatable bonds is 2. The molecule has 100 valence electrons. The van der Waals surface area contributed by atoms with Crippen LogP contribution in [0.3, 0.4) is 0 Å². The van der Waals surface area contributed by atoms with Gasteiger partial charge in [0, 0.05) is 0 Å². The molecule has 0 bridgehead atoms. The number of aromatic nitrogens is 1. The smallest absolute Gasteiger partial charge is 0.419 e. The van der Waals surface area contributed by atoms with Crippen molar-refractivity contribution in [3.8, 4) is 5.88 Å². The first-order chi connectivity index (χ1) is 8.43. The van der Waals surface area contributed by atoms with Gasteiger partial charge in [0.1, 0.15) is 5.15 Å². The summed E-state index contributed by atoms with van der Waals surface area (Å²) in [5.41, 5.74) is -0.967. The molecule has 0 spiro atoms. The number of ether oxygens (including phenoxy) is 3. The Morgan fingerprint density at radius 2 is 2.00 bits per heavy atom. The van der Waals surface area contributed by atoms with Crippen molar-refractivity contribution in [3.63, 3.8) is 0 Å². The van der Waals surface area contributed by atoms with Crippen LogP contribution in [0.2, 0.25) is 5.15 Å². The number of methoxy groups -OCH3 is 1. The lowest BCUT2D eigenvalue weighted by Crippen LogP contribution is -2.11. The van der Waals surface area contributed by atoms with E-state index < -0.39 is 23.2 Å². The Kier molecular flexibility index (Phi) is 3.65. The largest absolute Gasteiger partial charge is 0.481 e. The average Bonchev–Trinajstić information content (AvgIpc) is 2.80. The van der Waals surface area contributed by atoms with Gasteiger partial charge < -0.3 is 14.2 Å². The first-order valence-corrected chi connectivity index (χ1v) is 5.36. The van der Waals surface area contributed by atoms with E-state index >= 15 is 0 Å². The van der Waals surface area contributed by atoms with Crippen molar-refractivity contribution >= 4 is 11.6 Å². The minimum atomic E-state index is -4.59. The maximum atomic E-state index is 12.7. The Morgan fingerprint density at radius 3 is 2.50 bits per heavy atom. The monoisotopic (exact) mass is 283 g/mol. The molecule has 0 saturated carbocycles. The number of pyridine rings is 1. The SMILES string of the molecule is COc1nc(Cl)c(C(F)(F)F)cc1C1OCCO1. The molecule has 8 heteroatoms. The van der Waals surface area contributed by atoms with Gasteiger partial charge in [-0.3, -0.25) is 0 Å². The third-order valence-corrected chi connectivity index (χ3v) is 2.63. The summed E-state index contributed by atoms with van der Waals surface area (Å²) in [4.78, 5) is 3.57. The Hall–Kier alpha value is -1.05. The van der Waals surface area contributed by atoms with Gasteiger partial charge in [-0.1, -0.05) is 11.6 Å². The highest BCUT2D eigenvalue weighted by Crippen LogP contribution is 2.39. The van der Waals surface area contributed by atoms with Crippen LogP contribution in [0.5, 0.6) is 5.88 Å². The molecule has 0 atom stereocenters. The fourth-order valence-corrected chi connectivity index (χ4v) is 1.80. The van der Waals surface area contributed by atoms with E-state index in [1.165, 1.54) is 7.11 Å². The van der Waals surface area contributed by atoms with E-state index in [9.17, 15) is 13.2 Å². The molecule has 18 heavy (non-hydrogen) atoms. The van der Waals surface area contributed by atoms with Gasteiger partial charge in [0.15, 0.2) is 6.29 Å². The summed E-state index contributed by atoms with van der Waals surface area (Å²) >= 11 is 5.48. The van der Waals surface area contributed by atoms with Gasteiger partial charge in [-0.05, 0) is 6.07 Å². The third kappa shape index (κ3) is 2.52. The van der Waals surface area contributed by atoms with E-state index in [1.54, 1.807) is 0 Å². The first-order valence-electron chi connectivity index (χ1n) is 4.98. The second kappa shape index (κ2) is 4.91. The van der Waals surface area contributed by atoms with Crippen molar-refractivity contribution < 1.29 is 27.4 Å². The maximum absolute atomic E-state index is 12.7.